The van der Waals surface area contributed by atoms with E-state index in [2.05, 4.69) is 10.6 Å². The summed E-state index contributed by atoms with van der Waals surface area (Å²) in [6.45, 7) is 0.730. The van der Waals surface area contributed by atoms with Gasteiger partial charge in [0.1, 0.15) is 12.3 Å². The lowest BCUT2D eigenvalue weighted by molar-refractivity contribution is -0.123. The molecule has 0 radical (unpaired) electrons. The van der Waals surface area contributed by atoms with Crippen LogP contribution >= 0.6 is 11.6 Å². The highest BCUT2D eigenvalue weighted by Gasteiger charge is 2.28. The second kappa shape index (κ2) is 9.36. The fourth-order valence-electron chi connectivity index (χ4n) is 3.58. The van der Waals surface area contributed by atoms with Gasteiger partial charge in [0.05, 0.1) is 23.0 Å². The number of nitrogens with one attached hydrogen (secondary N) is 2. The van der Waals surface area contributed by atoms with Crippen molar-refractivity contribution in [1.82, 2.24) is 5.32 Å². The number of carbonyl (C=O) groups is 3. The molecule has 1 atom stereocenters. The Kier molecular flexibility index (Phi) is 6.39. The zero-order valence-corrected chi connectivity index (χ0v) is 17.5. The molecule has 8 nitrogen and oxygen atoms in total. The number of benzene rings is 2. The number of ether oxygens (including phenoxy) is 2. The molecule has 2 aromatic carbocycles. The largest absolute Gasteiger partial charge is 0.482 e. The Labute approximate surface area is 184 Å². The van der Waals surface area contributed by atoms with E-state index in [1.54, 1.807) is 42.5 Å². The molecule has 2 aromatic rings. The van der Waals surface area contributed by atoms with Crippen LogP contribution in [0.1, 0.15) is 23.2 Å². The van der Waals surface area contributed by atoms with Crippen LogP contribution in [0.2, 0.25) is 5.02 Å². The first-order chi connectivity index (χ1) is 15.0. The van der Waals surface area contributed by atoms with E-state index in [-0.39, 0.29) is 31.1 Å². The second-order valence-electron chi connectivity index (χ2n) is 7.32. The summed E-state index contributed by atoms with van der Waals surface area (Å²) in [4.78, 5) is 39.0. The number of carbonyl (C=O) groups excluding carboxylic acids is 3. The Morgan fingerprint density at radius 1 is 1.19 bits per heavy atom. The van der Waals surface area contributed by atoms with Gasteiger partial charge in [-0.15, -0.1) is 0 Å². The first kappa shape index (κ1) is 21.1. The Morgan fingerprint density at radius 3 is 2.84 bits per heavy atom. The maximum Gasteiger partial charge on any atom is 0.265 e. The molecule has 0 aromatic heterocycles. The predicted molar refractivity (Wildman–Crippen MR) is 116 cm³/mol. The van der Waals surface area contributed by atoms with Crippen molar-refractivity contribution in [3.63, 3.8) is 0 Å². The SMILES string of the molecule is O=C(CN1C(=O)COc2ccc(Cl)cc21)Nc1ccccc1C(=O)NCC1CCCO1. The van der Waals surface area contributed by atoms with E-state index in [9.17, 15) is 14.4 Å². The van der Waals surface area contributed by atoms with Crippen LogP contribution in [-0.4, -0.2) is 50.1 Å². The van der Waals surface area contributed by atoms with Crippen LogP contribution in [0.25, 0.3) is 0 Å². The van der Waals surface area contributed by atoms with Crippen LogP contribution in [0.3, 0.4) is 0 Å². The summed E-state index contributed by atoms with van der Waals surface area (Å²) in [5, 5.41) is 6.01. The molecule has 2 heterocycles. The van der Waals surface area contributed by atoms with Gasteiger partial charge in [0.25, 0.3) is 11.8 Å². The van der Waals surface area contributed by atoms with Crippen molar-refractivity contribution in [3.8, 4) is 5.75 Å². The van der Waals surface area contributed by atoms with Crippen LogP contribution in [0.4, 0.5) is 11.4 Å². The molecule has 1 saturated heterocycles. The third-order valence-corrected chi connectivity index (χ3v) is 5.36. The Bertz CT molecular complexity index is 1010. The topological polar surface area (TPSA) is 97.0 Å². The van der Waals surface area contributed by atoms with Gasteiger partial charge in [-0.2, -0.15) is 0 Å². The summed E-state index contributed by atoms with van der Waals surface area (Å²) in [7, 11) is 0. The third kappa shape index (κ3) is 4.98. The number of halogens is 1. The van der Waals surface area contributed by atoms with Gasteiger partial charge < -0.3 is 20.1 Å². The molecule has 3 amide bonds. The Hall–Kier alpha value is -3.10. The van der Waals surface area contributed by atoms with Gasteiger partial charge in [-0.25, -0.2) is 0 Å². The van der Waals surface area contributed by atoms with Crippen molar-refractivity contribution < 1.29 is 23.9 Å². The molecular weight excluding hydrogens is 422 g/mol. The van der Waals surface area contributed by atoms with Crippen LogP contribution in [0.15, 0.2) is 42.5 Å². The highest BCUT2D eigenvalue weighted by molar-refractivity contribution is 6.31. The molecule has 162 valence electrons. The van der Waals surface area contributed by atoms with Gasteiger partial charge in [0.2, 0.25) is 5.91 Å². The first-order valence-electron chi connectivity index (χ1n) is 10.0. The van der Waals surface area contributed by atoms with Crippen LogP contribution < -0.4 is 20.3 Å². The van der Waals surface area contributed by atoms with Crippen molar-refractivity contribution in [1.29, 1.82) is 0 Å². The van der Waals surface area contributed by atoms with E-state index in [1.165, 1.54) is 4.90 Å². The Morgan fingerprint density at radius 2 is 2.03 bits per heavy atom. The summed E-state index contributed by atoms with van der Waals surface area (Å²) < 4.78 is 10.9. The average Bonchev–Trinajstić information content (AvgIpc) is 3.28. The molecule has 0 spiro atoms. The number of amides is 3. The molecule has 1 fully saturated rings. The molecule has 0 aliphatic carbocycles. The smallest absolute Gasteiger partial charge is 0.265 e. The molecule has 2 aliphatic rings. The molecular formula is C22H22ClN3O5. The minimum Gasteiger partial charge on any atom is -0.482 e. The third-order valence-electron chi connectivity index (χ3n) is 5.13. The molecule has 1 unspecified atom stereocenters. The number of hydrogen-bond donors (Lipinski definition) is 2. The molecule has 2 aliphatic heterocycles. The number of fused-ring (bicyclic) bond motifs is 1. The van der Waals surface area contributed by atoms with Crippen molar-refractivity contribution in [2.24, 2.45) is 0 Å². The number of hydrogen-bond acceptors (Lipinski definition) is 5. The van der Waals surface area contributed by atoms with Crippen molar-refractivity contribution >= 4 is 40.7 Å². The minimum absolute atomic E-state index is 0.0185. The highest BCUT2D eigenvalue weighted by atomic mass is 35.5. The molecule has 0 saturated carbocycles. The van der Waals surface area contributed by atoms with Gasteiger partial charge >= 0.3 is 0 Å². The van der Waals surface area contributed by atoms with Crippen molar-refractivity contribution in [3.05, 3.63) is 53.1 Å². The van der Waals surface area contributed by atoms with E-state index in [0.717, 1.165) is 12.8 Å². The molecule has 4 rings (SSSR count). The van der Waals surface area contributed by atoms with Gasteiger partial charge in [-0.1, -0.05) is 23.7 Å². The lowest BCUT2D eigenvalue weighted by atomic mass is 10.1. The van der Waals surface area contributed by atoms with E-state index >= 15 is 0 Å². The molecule has 0 bridgehead atoms. The quantitative estimate of drug-likeness (QED) is 0.715. The normalized spacial score (nSPS) is 17.6. The van der Waals surface area contributed by atoms with Crippen molar-refractivity contribution in [2.45, 2.75) is 18.9 Å². The van der Waals surface area contributed by atoms with E-state index in [1.807, 2.05) is 0 Å². The summed E-state index contributed by atoms with van der Waals surface area (Å²) in [6, 6.07) is 11.6. The predicted octanol–water partition coefficient (Wildman–Crippen LogP) is 2.61. The van der Waals surface area contributed by atoms with Gasteiger partial charge in [0.15, 0.2) is 6.61 Å². The number of rotatable bonds is 6. The zero-order valence-electron chi connectivity index (χ0n) is 16.7. The second-order valence-corrected chi connectivity index (χ2v) is 7.76. The van der Waals surface area contributed by atoms with Gasteiger partial charge in [-0.3, -0.25) is 19.3 Å². The molecule has 2 N–H and O–H groups in total. The van der Waals surface area contributed by atoms with E-state index in [4.69, 9.17) is 21.1 Å². The Balaban J connectivity index is 1.44. The summed E-state index contributed by atoms with van der Waals surface area (Å²) in [5.74, 6) is -0.621. The average molecular weight is 444 g/mol. The minimum atomic E-state index is -0.444. The van der Waals surface area contributed by atoms with Crippen LogP contribution in [-0.2, 0) is 14.3 Å². The maximum absolute atomic E-state index is 12.7. The van der Waals surface area contributed by atoms with Gasteiger partial charge in [0, 0.05) is 18.2 Å². The fraction of sp³-hybridized carbons (Fsp3) is 0.318. The highest BCUT2D eigenvalue weighted by Crippen LogP contribution is 2.34. The van der Waals surface area contributed by atoms with Crippen molar-refractivity contribution in [2.75, 3.05) is 36.5 Å². The molecule has 9 heteroatoms. The standard InChI is InChI=1S/C22H22ClN3O5/c23-14-7-8-19-18(10-14)26(21(28)13-31-19)12-20(27)25-17-6-2-1-5-16(17)22(29)24-11-15-4-3-9-30-15/h1-2,5-8,10,15H,3-4,9,11-13H2,(H,24,29)(H,25,27). The number of anilines is 2. The van der Waals surface area contributed by atoms with E-state index < -0.39 is 5.91 Å². The summed E-state index contributed by atoms with van der Waals surface area (Å²) in [5.41, 5.74) is 1.14. The summed E-state index contributed by atoms with van der Waals surface area (Å²) in [6.07, 6.45) is 1.92. The molecule has 31 heavy (non-hydrogen) atoms. The number of para-hydroxylation sites is 1. The van der Waals surface area contributed by atoms with Gasteiger partial charge in [-0.05, 0) is 43.2 Å². The fourth-order valence-corrected chi connectivity index (χ4v) is 3.75. The number of nitrogens with zero attached hydrogens (tertiary/aromatic N) is 1. The summed E-state index contributed by atoms with van der Waals surface area (Å²) >= 11 is 6.04. The van der Waals surface area contributed by atoms with E-state index in [0.29, 0.717) is 40.9 Å². The maximum atomic E-state index is 12.7. The monoisotopic (exact) mass is 443 g/mol. The van der Waals surface area contributed by atoms with Crippen LogP contribution in [0, 0.1) is 0 Å². The van der Waals surface area contributed by atoms with Crippen LogP contribution in [0.5, 0.6) is 5.75 Å². The first-order valence-corrected chi connectivity index (χ1v) is 10.4. The zero-order chi connectivity index (χ0) is 21.8. The lowest BCUT2D eigenvalue weighted by Crippen LogP contribution is -2.43. The lowest BCUT2D eigenvalue weighted by Gasteiger charge is -2.29.